The highest BCUT2D eigenvalue weighted by Gasteiger charge is 2.26. The van der Waals surface area contributed by atoms with E-state index in [1.54, 1.807) is 6.07 Å². The number of amides is 1. The molecule has 2 rings (SSSR count). The maximum Gasteiger partial charge on any atom is 0.489 e. The van der Waals surface area contributed by atoms with Crippen LogP contribution >= 0.6 is 0 Å². The highest BCUT2D eigenvalue weighted by atomic mass is 16.4. The van der Waals surface area contributed by atoms with Crippen LogP contribution in [-0.4, -0.2) is 29.3 Å². The minimum atomic E-state index is -1.71. The summed E-state index contributed by atoms with van der Waals surface area (Å²) in [4.78, 5) is 14.8. The van der Waals surface area contributed by atoms with Gasteiger partial charge in [0.1, 0.15) is 0 Å². The largest absolute Gasteiger partial charge is 0.489 e. The maximum atomic E-state index is 11.2. The highest BCUT2D eigenvalue weighted by molar-refractivity contribution is 6.61. The van der Waals surface area contributed by atoms with Crippen LogP contribution in [0.3, 0.4) is 0 Å². The fraction of sp³-hybridized carbons (Fsp3) is 0. The topological polar surface area (TPSA) is 95.9 Å². The molecule has 0 fully saturated rings. The summed E-state index contributed by atoms with van der Waals surface area (Å²) in [5.41, 5.74) is 6.73. The van der Waals surface area contributed by atoms with Gasteiger partial charge in [-0.05, 0) is 17.6 Å². The highest BCUT2D eigenvalue weighted by Crippen LogP contribution is 2.16. The number of anilines is 1. The van der Waals surface area contributed by atoms with E-state index in [-0.39, 0.29) is 11.0 Å². The summed E-state index contributed by atoms with van der Waals surface area (Å²) in [7, 11) is -1.71. The monoisotopic (exact) mass is 190 g/mol. The van der Waals surface area contributed by atoms with Gasteiger partial charge in [-0.1, -0.05) is 0 Å². The zero-order valence-electron chi connectivity index (χ0n) is 7.14. The molecule has 0 unspecified atom stereocenters. The van der Waals surface area contributed by atoms with Gasteiger partial charge >= 0.3 is 7.12 Å². The Morgan fingerprint density at radius 1 is 1.36 bits per heavy atom. The van der Waals surface area contributed by atoms with Gasteiger partial charge in [-0.3, -0.25) is 4.79 Å². The van der Waals surface area contributed by atoms with Gasteiger partial charge in [0.15, 0.2) is 0 Å². The maximum absolute atomic E-state index is 11.2. The third-order valence-electron chi connectivity index (χ3n) is 2.03. The Kier molecular flexibility index (Phi) is 1.87. The molecule has 4 N–H and O–H groups in total. The van der Waals surface area contributed by atoms with Crippen molar-refractivity contribution in [1.82, 2.24) is 0 Å². The van der Waals surface area contributed by atoms with Crippen molar-refractivity contribution in [2.75, 3.05) is 5.73 Å². The second-order valence-electron chi connectivity index (χ2n) is 3.01. The van der Waals surface area contributed by atoms with Crippen LogP contribution in [0.1, 0.15) is 15.9 Å². The van der Waals surface area contributed by atoms with E-state index in [4.69, 9.17) is 15.8 Å². The number of aliphatic imine (C=N–C) groups is 1. The zero-order valence-corrected chi connectivity index (χ0v) is 7.14. The Morgan fingerprint density at radius 3 is 2.71 bits per heavy atom. The van der Waals surface area contributed by atoms with E-state index in [1.165, 1.54) is 12.3 Å². The van der Waals surface area contributed by atoms with Crippen molar-refractivity contribution in [3.05, 3.63) is 23.3 Å². The number of hydrogen-bond acceptors (Lipinski definition) is 4. The number of carbonyl (C=O) groups is 1. The molecule has 0 saturated carbocycles. The first-order chi connectivity index (χ1) is 6.59. The van der Waals surface area contributed by atoms with E-state index >= 15 is 0 Å². The van der Waals surface area contributed by atoms with Crippen LogP contribution in [0, 0.1) is 0 Å². The number of nitrogens with two attached hydrogens (primary N) is 1. The number of fused-ring (bicyclic) bond motifs is 1. The molecular formula is C8H7BN2O3. The lowest BCUT2D eigenvalue weighted by molar-refractivity contribution is 0.101. The van der Waals surface area contributed by atoms with Gasteiger partial charge in [-0.25, -0.2) is 4.99 Å². The smallest absolute Gasteiger partial charge is 0.423 e. The summed E-state index contributed by atoms with van der Waals surface area (Å²) in [5.74, 6) is -0.469. The van der Waals surface area contributed by atoms with Crippen LogP contribution in [0.25, 0.3) is 0 Å². The molecule has 0 radical (unpaired) electrons. The van der Waals surface area contributed by atoms with Crippen molar-refractivity contribution >= 4 is 30.4 Å². The van der Waals surface area contributed by atoms with Gasteiger partial charge in [0.2, 0.25) is 0 Å². The van der Waals surface area contributed by atoms with E-state index in [1.807, 2.05) is 0 Å². The summed E-state index contributed by atoms with van der Waals surface area (Å²) in [6.45, 7) is 0. The average Bonchev–Trinajstić information content (AvgIpc) is 2.46. The Labute approximate surface area is 80.0 Å². The van der Waals surface area contributed by atoms with E-state index in [0.717, 1.165) is 0 Å². The molecule has 14 heavy (non-hydrogen) atoms. The lowest BCUT2D eigenvalue weighted by Crippen LogP contribution is -2.34. The fourth-order valence-corrected chi connectivity index (χ4v) is 1.46. The molecule has 0 aliphatic carbocycles. The molecule has 1 aromatic rings. The van der Waals surface area contributed by atoms with Crippen LogP contribution in [0.4, 0.5) is 5.69 Å². The molecule has 1 amide bonds. The molecule has 0 aromatic heterocycles. The van der Waals surface area contributed by atoms with Crippen molar-refractivity contribution < 1.29 is 14.8 Å². The van der Waals surface area contributed by atoms with Gasteiger partial charge in [0, 0.05) is 17.5 Å². The van der Waals surface area contributed by atoms with E-state index in [9.17, 15) is 4.79 Å². The molecule has 0 bridgehead atoms. The predicted molar refractivity (Wildman–Crippen MR) is 52.6 cm³/mol. The van der Waals surface area contributed by atoms with Gasteiger partial charge in [-0.2, -0.15) is 0 Å². The summed E-state index contributed by atoms with van der Waals surface area (Å²) < 4.78 is 0. The second-order valence-corrected chi connectivity index (χ2v) is 3.01. The molecule has 6 heteroatoms. The lowest BCUT2D eigenvalue weighted by atomic mass is 9.75. The first kappa shape index (κ1) is 8.92. The Bertz CT molecular complexity index is 442. The van der Waals surface area contributed by atoms with Crippen LogP contribution in [0.15, 0.2) is 17.1 Å². The van der Waals surface area contributed by atoms with Crippen molar-refractivity contribution in [3.8, 4) is 0 Å². The SMILES string of the molecule is Nc1cc2c(c(B(O)O)c1)C(=O)N=C2. The van der Waals surface area contributed by atoms with Gasteiger partial charge in [0.05, 0.1) is 5.56 Å². The number of benzene rings is 1. The Balaban J connectivity index is 2.69. The molecule has 70 valence electrons. The number of hydrogen-bond donors (Lipinski definition) is 3. The lowest BCUT2D eigenvalue weighted by Gasteiger charge is -2.06. The number of rotatable bonds is 1. The van der Waals surface area contributed by atoms with Gasteiger partial charge < -0.3 is 15.8 Å². The minimum absolute atomic E-state index is 0.0995. The van der Waals surface area contributed by atoms with Crippen molar-refractivity contribution in [2.45, 2.75) is 0 Å². The molecule has 1 aromatic carbocycles. The normalized spacial score (nSPS) is 13.1. The quantitative estimate of drug-likeness (QED) is 0.371. The molecule has 1 aliphatic rings. The minimum Gasteiger partial charge on any atom is -0.423 e. The summed E-state index contributed by atoms with van der Waals surface area (Å²) in [6, 6.07) is 2.92. The van der Waals surface area contributed by atoms with Crippen molar-refractivity contribution in [3.63, 3.8) is 0 Å². The number of nitrogen functional groups attached to an aromatic ring is 1. The predicted octanol–water partition coefficient (Wildman–Crippen LogP) is -1.48. The van der Waals surface area contributed by atoms with E-state index in [0.29, 0.717) is 11.3 Å². The first-order valence-electron chi connectivity index (χ1n) is 3.97. The van der Waals surface area contributed by atoms with Crippen LogP contribution in [0.5, 0.6) is 0 Å². The van der Waals surface area contributed by atoms with Crippen LogP contribution < -0.4 is 11.2 Å². The third-order valence-corrected chi connectivity index (χ3v) is 2.03. The summed E-state index contributed by atoms with van der Waals surface area (Å²) in [5, 5.41) is 18.0. The third kappa shape index (κ3) is 1.21. The van der Waals surface area contributed by atoms with Crippen molar-refractivity contribution in [2.24, 2.45) is 4.99 Å². The molecule has 1 heterocycles. The molecule has 5 nitrogen and oxygen atoms in total. The van der Waals surface area contributed by atoms with E-state index in [2.05, 4.69) is 4.99 Å². The Morgan fingerprint density at radius 2 is 2.07 bits per heavy atom. The van der Waals surface area contributed by atoms with Gasteiger partial charge in [0.25, 0.3) is 5.91 Å². The fourth-order valence-electron chi connectivity index (χ4n) is 1.46. The zero-order chi connectivity index (χ0) is 10.3. The van der Waals surface area contributed by atoms with E-state index < -0.39 is 13.0 Å². The Hall–Kier alpha value is -1.66. The summed E-state index contributed by atoms with van der Waals surface area (Å²) >= 11 is 0. The molecular weight excluding hydrogens is 183 g/mol. The number of nitrogens with zero attached hydrogens (tertiary/aromatic N) is 1. The second kappa shape index (κ2) is 2.93. The number of carbonyl (C=O) groups excluding carboxylic acids is 1. The summed E-state index contributed by atoms with van der Waals surface area (Å²) in [6.07, 6.45) is 1.36. The first-order valence-corrected chi connectivity index (χ1v) is 3.97. The van der Waals surface area contributed by atoms with Crippen LogP contribution in [-0.2, 0) is 0 Å². The van der Waals surface area contributed by atoms with Gasteiger partial charge in [-0.15, -0.1) is 0 Å². The average molecular weight is 190 g/mol. The molecule has 0 saturated heterocycles. The van der Waals surface area contributed by atoms with Crippen molar-refractivity contribution in [1.29, 1.82) is 0 Å². The molecule has 1 aliphatic heterocycles. The van der Waals surface area contributed by atoms with Crippen LogP contribution in [0.2, 0.25) is 0 Å². The molecule has 0 spiro atoms. The molecule has 0 atom stereocenters. The standard InChI is InChI=1S/C8H7BN2O3/c10-5-1-4-3-11-8(12)7(4)6(2-5)9(13)14/h1-3,13-14H,10H2.